The molecule has 0 N–H and O–H groups in total. The molecule has 9 nitrogen and oxygen atoms in total. The summed E-state index contributed by atoms with van der Waals surface area (Å²) < 4.78 is 69.2. The van der Waals surface area contributed by atoms with Crippen molar-refractivity contribution in [1.29, 1.82) is 0 Å². The van der Waals surface area contributed by atoms with Gasteiger partial charge in [0.15, 0.2) is 0 Å². The molecular formula is C4H12FeNO8S2. The Morgan fingerprint density at radius 2 is 0.688 bits per heavy atom. The number of quaternary nitrogens is 1. The van der Waals surface area contributed by atoms with Gasteiger partial charge >= 0.3 is 17.1 Å². The summed E-state index contributed by atoms with van der Waals surface area (Å²) in [5.41, 5.74) is 0. The number of hydrogen-bond donors (Lipinski definition) is 0. The van der Waals surface area contributed by atoms with Crippen LogP contribution in [0.1, 0.15) is 0 Å². The molecule has 0 unspecified atom stereocenters. The summed E-state index contributed by atoms with van der Waals surface area (Å²) in [7, 11) is -1.83. The summed E-state index contributed by atoms with van der Waals surface area (Å²) >= 11 is 0. The van der Waals surface area contributed by atoms with Crippen LogP contribution in [0.15, 0.2) is 0 Å². The van der Waals surface area contributed by atoms with E-state index in [0.29, 0.717) is 0 Å². The maximum Gasteiger partial charge on any atom is 3.00 e. The third kappa shape index (κ3) is 51600. The van der Waals surface area contributed by atoms with Crippen LogP contribution in [0, 0.1) is 0 Å². The van der Waals surface area contributed by atoms with Gasteiger partial charge in [0.1, 0.15) is 0 Å². The van der Waals surface area contributed by atoms with E-state index < -0.39 is 20.8 Å². The van der Waals surface area contributed by atoms with Gasteiger partial charge in [-0.1, -0.05) is 0 Å². The first kappa shape index (κ1) is 25.2. The second kappa shape index (κ2) is 9.27. The molecule has 0 saturated carbocycles. The van der Waals surface area contributed by atoms with Crippen molar-refractivity contribution in [1.82, 2.24) is 0 Å². The van der Waals surface area contributed by atoms with Gasteiger partial charge in [-0.3, -0.25) is 16.8 Å². The monoisotopic (exact) mass is 322 g/mol. The fourth-order valence-electron chi connectivity index (χ4n) is 0. The van der Waals surface area contributed by atoms with Gasteiger partial charge in [-0.15, -0.1) is 0 Å². The molecule has 0 amide bonds. The molecule has 0 aromatic rings. The Bertz CT molecular complexity index is 289. The Kier molecular flexibility index (Phi) is 14.6. The summed E-state index contributed by atoms with van der Waals surface area (Å²) in [6, 6.07) is 0. The van der Waals surface area contributed by atoms with Crippen LogP contribution in [-0.4, -0.2) is 67.7 Å². The maximum atomic E-state index is 8.52. The van der Waals surface area contributed by atoms with E-state index >= 15 is 0 Å². The zero-order chi connectivity index (χ0) is 13.5. The minimum Gasteiger partial charge on any atom is -0.759 e. The first-order valence-electron chi connectivity index (χ1n) is 3.12. The Labute approximate surface area is 106 Å². The van der Waals surface area contributed by atoms with E-state index in [0.717, 1.165) is 4.48 Å². The predicted molar refractivity (Wildman–Crippen MR) is 44.9 cm³/mol. The molecule has 0 spiro atoms. The van der Waals surface area contributed by atoms with Crippen molar-refractivity contribution in [3.8, 4) is 0 Å². The van der Waals surface area contributed by atoms with Crippen LogP contribution in [0.2, 0.25) is 0 Å². The molecule has 0 saturated heterocycles. The standard InChI is InChI=1S/C4H12N.Fe.2H2O4S/c1-5(2,3)4;;2*1-5(2,3)4/h1-4H3;;2*(H2,1,2,3,4)/q+1;+3;;/p-4. The van der Waals surface area contributed by atoms with Crippen LogP contribution in [-0.2, 0) is 37.9 Å². The first-order chi connectivity index (χ1) is 6.00. The third-order valence-electron chi connectivity index (χ3n) is 0. The fourth-order valence-corrected chi connectivity index (χ4v) is 0. The summed E-state index contributed by atoms with van der Waals surface area (Å²) in [6.45, 7) is 0. The van der Waals surface area contributed by atoms with Gasteiger partial charge in [-0.25, -0.2) is 0 Å². The average Bonchev–Trinajstić information content (AvgIpc) is 1.41. The minimum atomic E-state index is -5.17. The van der Waals surface area contributed by atoms with Crippen molar-refractivity contribution in [3.63, 3.8) is 0 Å². The predicted octanol–water partition coefficient (Wildman–Crippen LogP) is -2.36. The first-order valence-corrected chi connectivity index (χ1v) is 5.79. The van der Waals surface area contributed by atoms with E-state index in [2.05, 4.69) is 28.2 Å². The molecule has 0 aliphatic rings. The molecule has 12 heteroatoms. The Morgan fingerprint density at radius 1 is 0.688 bits per heavy atom. The van der Waals surface area contributed by atoms with Crippen LogP contribution >= 0.6 is 0 Å². The molecule has 0 aromatic carbocycles. The maximum absolute atomic E-state index is 8.52. The van der Waals surface area contributed by atoms with Gasteiger partial charge in [0.25, 0.3) is 0 Å². The molecule has 0 aromatic heterocycles. The molecule has 0 rings (SSSR count). The largest absolute Gasteiger partial charge is 3.00 e. The number of rotatable bonds is 0. The van der Waals surface area contributed by atoms with Gasteiger partial charge in [-0.05, 0) is 0 Å². The summed E-state index contributed by atoms with van der Waals surface area (Å²) in [5.74, 6) is 0. The van der Waals surface area contributed by atoms with Gasteiger partial charge in [0.05, 0.1) is 28.2 Å². The molecular weight excluding hydrogens is 310 g/mol. The van der Waals surface area contributed by atoms with Crippen LogP contribution in [0.3, 0.4) is 0 Å². The smallest absolute Gasteiger partial charge is 0.759 e. The van der Waals surface area contributed by atoms with Crippen LogP contribution in [0.4, 0.5) is 0 Å². The van der Waals surface area contributed by atoms with Gasteiger partial charge in [-0.2, -0.15) is 0 Å². The summed E-state index contributed by atoms with van der Waals surface area (Å²) in [4.78, 5) is 0. The number of hydrogen-bond acceptors (Lipinski definition) is 8. The SMILES string of the molecule is C[N+](C)(C)C.O=S(=O)([O-])[O-].O=S(=O)([O-])[O-].[Fe+3]. The van der Waals surface area contributed by atoms with Crippen molar-refractivity contribution in [2.45, 2.75) is 0 Å². The zero-order valence-corrected chi connectivity index (χ0v) is 11.6. The second-order valence-electron chi connectivity index (χ2n) is 3.50. The Hall–Kier alpha value is 0.219. The van der Waals surface area contributed by atoms with Crippen molar-refractivity contribution in [2.24, 2.45) is 0 Å². The Morgan fingerprint density at radius 3 is 0.688 bits per heavy atom. The van der Waals surface area contributed by atoms with Crippen LogP contribution in [0.5, 0.6) is 0 Å². The van der Waals surface area contributed by atoms with Gasteiger partial charge < -0.3 is 22.7 Å². The van der Waals surface area contributed by atoms with E-state index in [9.17, 15) is 0 Å². The topological polar surface area (TPSA) is 161 Å². The Balaban J connectivity index is -0.0000000655. The fraction of sp³-hybridized carbons (Fsp3) is 1.00. The van der Waals surface area contributed by atoms with E-state index in [-0.39, 0.29) is 17.1 Å². The zero-order valence-electron chi connectivity index (χ0n) is 8.88. The van der Waals surface area contributed by atoms with E-state index in [4.69, 9.17) is 35.0 Å². The van der Waals surface area contributed by atoms with E-state index in [1.807, 2.05) is 0 Å². The molecule has 0 aliphatic carbocycles. The van der Waals surface area contributed by atoms with Crippen molar-refractivity contribution in [3.05, 3.63) is 0 Å². The minimum absolute atomic E-state index is 0. The second-order valence-corrected chi connectivity index (χ2v) is 5.13. The number of nitrogens with zero attached hydrogens (tertiary/aromatic N) is 1. The van der Waals surface area contributed by atoms with Crippen molar-refractivity contribution >= 4 is 20.8 Å². The quantitative estimate of drug-likeness (QED) is 0.207. The summed E-state index contributed by atoms with van der Waals surface area (Å²) in [6.07, 6.45) is 0. The van der Waals surface area contributed by atoms with Crippen molar-refractivity contribution in [2.75, 3.05) is 28.2 Å². The van der Waals surface area contributed by atoms with Gasteiger partial charge in [0.2, 0.25) is 0 Å². The van der Waals surface area contributed by atoms with Crippen LogP contribution in [0.25, 0.3) is 0 Å². The van der Waals surface area contributed by atoms with E-state index in [1.165, 1.54) is 0 Å². The average molecular weight is 322 g/mol. The molecule has 16 heavy (non-hydrogen) atoms. The molecule has 0 fully saturated rings. The van der Waals surface area contributed by atoms with Crippen molar-refractivity contribution < 1.29 is 56.6 Å². The van der Waals surface area contributed by atoms with E-state index in [1.54, 1.807) is 0 Å². The molecule has 101 valence electrons. The van der Waals surface area contributed by atoms with Gasteiger partial charge in [0, 0.05) is 20.8 Å². The normalized spacial score (nSPS) is 11.0. The molecule has 0 atom stereocenters. The molecule has 0 aliphatic heterocycles. The third-order valence-corrected chi connectivity index (χ3v) is 0. The molecule has 1 radical (unpaired) electrons. The molecule has 0 heterocycles. The summed E-state index contributed by atoms with van der Waals surface area (Å²) in [5, 5.41) is 0. The van der Waals surface area contributed by atoms with Crippen LogP contribution < -0.4 is 0 Å². The molecule has 0 bridgehead atoms.